The summed E-state index contributed by atoms with van der Waals surface area (Å²) in [6.07, 6.45) is 7.21. The molecule has 20 heavy (non-hydrogen) atoms. The molecule has 0 amide bonds. The first-order chi connectivity index (χ1) is 9.76. The molecule has 0 heterocycles. The van der Waals surface area contributed by atoms with E-state index in [1.807, 2.05) is 0 Å². The summed E-state index contributed by atoms with van der Waals surface area (Å²) in [5.41, 5.74) is 1.75. The number of alkyl halides is 1. The molecule has 1 rings (SSSR count). The lowest BCUT2D eigenvalue weighted by Gasteiger charge is -2.31. The Hall–Kier alpha value is -0.340. The van der Waals surface area contributed by atoms with Crippen molar-refractivity contribution in [2.24, 2.45) is 5.41 Å². The Bertz CT molecular complexity index is 331. The summed E-state index contributed by atoms with van der Waals surface area (Å²) in [6.45, 7) is 6.30. The van der Waals surface area contributed by atoms with Crippen LogP contribution in [0, 0.1) is 5.41 Å². The van der Waals surface area contributed by atoms with Gasteiger partial charge in [-0.15, -0.1) is 0 Å². The van der Waals surface area contributed by atoms with Crippen LogP contribution in [0.4, 0.5) is 0 Å². The van der Waals surface area contributed by atoms with Gasteiger partial charge in [0.15, 0.2) is 0 Å². The molecule has 0 bridgehead atoms. The highest BCUT2D eigenvalue weighted by Crippen LogP contribution is 2.32. The quantitative estimate of drug-likeness (QED) is 0.375. The molecule has 0 aromatic heterocycles. The van der Waals surface area contributed by atoms with Gasteiger partial charge in [-0.1, -0.05) is 73.0 Å². The maximum Gasteiger partial charge on any atom is 0.0530 e. The van der Waals surface area contributed by atoms with Gasteiger partial charge in [-0.25, -0.2) is 0 Å². The number of benzene rings is 1. The van der Waals surface area contributed by atoms with Crippen LogP contribution >= 0.6 is 15.9 Å². The van der Waals surface area contributed by atoms with Gasteiger partial charge in [-0.3, -0.25) is 0 Å². The third kappa shape index (κ3) is 6.41. The van der Waals surface area contributed by atoms with Crippen molar-refractivity contribution in [3.8, 4) is 0 Å². The van der Waals surface area contributed by atoms with Crippen molar-refractivity contribution in [2.75, 3.05) is 18.5 Å². The van der Waals surface area contributed by atoms with Gasteiger partial charge in [0.2, 0.25) is 0 Å². The number of rotatable bonds is 11. The first-order valence-electron chi connectivity index (χ1n) is 7.94. The molecule has 1 aromatic rings. The third-order valence-corrected chi connectivity index (χ3v) is 5.04. The molecule has 0 spiro atoms. The maximum absolute atomic E-state index is 5.99. The average molecular weight is 341 g/mol. The van der Waals surface area contributed by atoms with Crippen molar-refractivity contribution >= 4 is 15.9 Å². The summed E-state index contributed by atoms with van der Waals surface area (Å²) in [7, 11) is 0. The van der Waals surface area contributed by atoms with Crippen molar-refractivity contribution in [3.05, 3.63) is 35.9 Å². The first-order valence-corrected chi connectivity index (χ1v) is 9.06. The molecule has 0 N–H and O–H groups in total. The predicted octanol–water partition coefficient (Wildman–Crippen LogP) is 5.62. The van der Waals surface area contributed by atoms with E-state index in [-0.39, 0.29) is 0 Å². The van der Waals surface area contributed by atoms with Crippen LogP contribution in [0.25, 0.3) is 0 Å². The molecule has 0 atom stereocenters. The Labute approximate surface area is 133 Å². The molecule has 2 heteroatoms. The molecule has 1 nitrogen and oxygen atoms in total. The lowest BCUT2D eigenvalue weighted by Crippen LogP contribution is -2.29. The Kier molecular flexibility index (Phi) is 9.21. The molecule has 0 aliphatic carbocycles. The van der Waals surface area contributed by atoms with Gasteiger partial charge in [0.05, 0.1) is 6.61 Å². The smallest absolute Gasteiger partial charge is 0.0530 e. The summed E-state index contributed by atoms with van der Waals surface area (Å²) in [5, 5.41) is 1.06. The minimum Gasteiger partial charge on any atom is -0.381 e. The Morgan fingerprint density at radius 2 is 1.70 bits per heavy atom. The molecular formula is C18H29BrO. The molecule has 0 aliphatic rings. The Morgan fingerprint density at radius 1 is 1.05 bits per heavy atom. The molecule has 0 radical (unpaired) electrons. The number of halogens is 1. The van der Waals surface area contributed by atoms with E-state index in [2.05, 4.69) is 60.1 Å². The second kappa shape index (κ2) is 10.4. The van der Waals surface area contributed by atoms with Crippen LogP contribution in [0.2, 0.25) is 0 Å². The lowest BCUT2D eigenvalue weighted by molar-refractivity contribution is 0.0444. The monoisotopic (exact) mass is 340 g/mol. The highest BCUT2D eigenvalue weighted by atomic mass is 79.9. The molecule has 0 saturated heterocycles. The van der Waals surface area contributed by atoms with Gasteiger partial charge < -0.3 is 4.74 Å². The van der Waals surface area contributed by atoms with Gasteiger partial charge in [0.1, 0.15) is 0 Å². The van der Waals surface area contributed by atoms with E-state index in [1.165, 1.54) is 31.2 Å². The van der Waals surface area contributed by atoms with Crippen LogP contribution in [0.15, 0.2) is 30.3 Å². The number of ether oxygens (including phenoxy) is 1. The van der Waals surface area contributed by atoms with Gasteiger partial charge in [0, 0.05) is 17.4 Å². The van der Waals surface area contributed by atoms with Crippen molar-refractivity contribution in [1.29, 1.82) is 0 Å². The van der Waals surface area contributed by atoms with Crippen molar-refractivity contribution in [3.63, 3.8) is 0 Å². The van der Waals surface area contributed by atoms with Gasteiger partial charge in [-0.2, -0.15) is 0 Å². The molecule has 0 fully saturated rings. The second-order valence-corrected chi connectivity index (χ2v) is 6.34. The molecule has 0 aliphatic heterocycles. The van der Waals surface area contributed by atoms with Crippen LogP contribution < -0.4 is 0 Å². The number of aryl methyl sites for hydroxylation is 1. The SMILES string of the molecule is CCCC(CBr)(CCC)COCCCc1ccccc1. The normalized spacial score (nSPS) is 11.8. The summed E-state index contributed by atoms with van der Waals surface area (Å²) in [5.74, 6) is 0. The van der Waals surface area contributed by atoms with E-state index in [4.69, 9.17) is 4.74 Å². The van der Waals surface area contributed by atoms with E-state index in [0.29, 0.717) is 5.41 Å². The average Bonchev–Trinajstić information content (AvgIpc) is 2.48. The van der Waals surface area contributed by atoms with E-state index < -0.39 is 0 Å². The minimum absolute atomic E-state index is 0.343. The minimum atomic E-state index is 0.343. The predicted molar refractivity (Wildman–Crippen MR) is 91.6 cm³/mol. The standard InChI is InChI=1S/C18H29BrO/c1-3-12-18(15-19,13-4-2)16-20-14-8-11-17-9-6-5-7-10-17/h5-7,9-10H,3-4,8,11-16H2,1-2H3. The lowest BCUT2D eigenvalue weighted by atomic mass is 9.82. The van der Waals surface area contributed by atoms with Crippen LogP contribution in [-0.2, 0) is 11.2 Å². The third-order valence-electron chi connectivity index (χ3n) is 3.85. The van der Waals surface area contributed by atoms with Gasteiger partial charge in [0.25, 0.3) is 0 Å². The summed E-state index contributed by atoms with van der Waals surface area (Å²) in [6, 6.07) is 10.7. The van der Waals surface area contributed by atoms with Crippen molar-refractivity contribution in [2.45, 2.75) is 52.4 Å². The number of hydrogen-bond donors (Lipinski definition) is 0. The first kappa shape index (κ1) is 17.7. The highest BCUT2D eigenvalue weighted by Gasteiger charge is 2.27. The topological polar surface area (TPSA) is 9.23 Å². The van der Waals surface area contributed by atoms with E-state index in [9.17, 15) is 0 Å². The second-order valence-electron chi connectivity index (χ2n) is 5.78. The summed E-state index contributed by atoms with van der Waals surface area (Å²) >= 11 is 3.70. The van der Waals surface area contributed by atoms with Crippen LogP contribution in [0.5, 0.6) is 0 Å². The molecule has 114 valence electrons. The zero-order chi connectivity index (χ0) is 14.7. The largest absolute Gasteiger partial charge is 0.381 e. The fourth-order valence-electron chi connectivity index (χ4n) is 2.81. The van der Waals surface area contributed by atoms with Gasteiger partial charge >= 0.3 is 0 Å². The summed E-state index contributed by atoms with van der Waals surface area (Å²) in [4.78, 5) is 0. The zero-order valence-corrected chi connectivity index (χ0v) is 14.6. The van der Waals surface area contributed by atoms with Crippen LogP contribution in [0.3, 0.4) is 0 Å². The Balaban J connectivity index is 2.26. The van der Waals surface area contributed by atoms with Gasteiger partial charge in [-0.05, 0) is 31.2 Å². The van der Waals surface area contributed by atoms with E-state index >= 15 is 0 Å². The van der Waals surface area contributed by atoms with Crippen LogP contribution in [-0.4, -0.2) is 18.5 Å². The fraction of sp³-hybridized carbons (Fsp3) is 0.667. The van der Waals surface area contributed by atoms with Crippen molar-refractivity contribution in [1.82, 2.24) is 0 Å². The number of hydrogen-bond acceptors (Lipinski definition) is 1. The highest BCUT2D eigenvalue weighted by molar-refractivity contribution is 9.09. The zero-order valence-electron chi connectivity index (χ0n) is 13.0. The van der Waals surface area contributed by atoms with Crippen molar-refractivity contribution < 1.29 is 4.74 Å². The Morgan fingerprint density at radius 3 is 2.25 bits per heavy atom. The molecular weight excluding hydrogens is 312 g/mol. The molecule has 1 aromatic carbocycles. The van der Waals surface area contributed by atoms with Crippen LogP contribution in [0.1, 0.15) is 51.5 Å². The fourth-order valence-corrected chi connectivity index (χ4v) is 3.54. The maximum atomic E-state index is 5.99. The van der Waals surface area contributed by atoms with E-state index in [1.54, 1.807) is 0 Å². The van der Waals surface area contributed by atoms with E-state index in [0.717, 1.165) is 31.4 Å². The molecule has 0 unspecified atom stereocenters. The summed E-state index contributed by atoms with van der Waals surface area (Å²) < 4.78 is 5.99. The molecule has 0 saturated carbocycles.